The van der Waals surface area contributed by atoms with Crippen LogP contribution in [0.5, 0.6) is 0 Å². The SMILES string of the molecule is CCCCCCC/C=C\C/C=C\C/C=C\CCCCCCCCCCC(=O)NC(COP(=O)(O)OCCN)C(O)/C=C/CC/C=C/CCCCCCCCCCCCC. The number of amides is 1. The lowest BCUT2D eigenvalue weighted by Gasteiger charge is -2.23. The van der Waals surface area contributed by atoms with Crippen molar-refractivity contribution in [1.82, 2.24) is 5.32 Å². The average molecular weight is 849 g/mol. The Kier molecular flexibility index (Phi) is 44.3. The number of rotatable bonds is 45. The van der Waals surface area contributed by atoms with Crippen molar-refractivity contribution in [2.24, 2.45) is 5.73 Å². The Morgan fingerprint density at radius 1 is 0.559 bits per heavy atom. The van der Waals surface area contributed by atoms with Gasteiger partial charge in [0, 0.05) is 13.0 Å². The van der Waals surface area contributed by atoms with E-state index in [-0.39, 0.29) is 25.7 Å². The molecule has 3 unspecified atom stereocenters. The van der Waals surface area contributed by atoms with E-state index in [4.69, 9.17) is 14.8 Å². The summed E-state index contributed by atoms with van der Waals surface area (Å²) >= 11 is 0. The van der Waals surface area contributed by atoms with E-state index >= 15 is 0 Å². The Labute approximate surface area is 364 Å². The molecule has 59 heavy (non-hydrogen) atoms. The molecule has 0 aromatic carbocycles. The van der Waals surface area contributed by atoms with Gasteiger partial charge in [-0.25, -0.2) is 4.57 Å². The molecule has 0 saturated carbocycles. The topological polar surface area (TPSA) is 131 Å². The summed E-state index contributed by atoms with van der Waals surface area (Å²) in [5.74, 6) is -0.212. The molecule has 0 rings (SSSR count). The molecule has 0 spiro atoms. The second-order valence-corrected chi connectivity index (χ2v) is 17.8. The van der Waals surface area contributed by atoms with Crippen molar-refractivity contribution in [2.45, 2.75) is 231 Å². The van der Waals surface area contributed by atoms with Crippen LogP contribution in [0.2, 0.25) is 0 Å². The van der Waals surface area contributed by atoms with Crippen LogP contribution in [0.15, 0.2) is 60.8 Å². The van der Waals surface area contributed by atoms with Gasteiger partial charge < -0.3 is 21.1 Å². The van der Waals surface area contributed by atoms with E-state index in [1.807, 2.05) is 6.08 Å². The zero-order chi connectivity index (χ0) is 43.2. The number of phosphoric ester groups is 1. The molecule has 8 nitrogen and oxygen atoms in total. The Hall–Kier alpha value is -1.80. The van der Waals surface area contributed by atoms with Crippen LogP contribution < -0.4 is 11.1 Å². The monoisotopic (exact) mass is 849 g/mol. The first-order valence-corrected chi connectivity index (χ1v) is 25.9. The molecule has 0 aromatic rings. The Morgan fingerprint density at radius 3 is 1.42 bits per heavy atom. The number of hydrogen-bond acceptors (Lipinski definition) is 6. The maximum Gasteiger partial charge on any atom is 0.472 e. The minimum atomic E-state index is -4.36. The minimum Gasteiger partial charge on any atom is -0.387 e. The first-order valence-electron chi connectivity index (χ1n) is 24.4. The standard InChI is InChI=1S/C50H93N2O6P/c1-3-5-7-9-11-13-15-17-19-21-22-23-24-25-26-28-30-32-34-36-38-40-42-44-50(54)52-48(47-58-59(55,56)57-46-45-51)49(53)43-41-39-37-35-33-31-29-27-20-18-16-14-12-10-8-6-4-2/h15,17,21-22,24-25,33,35,41,43,48-49,53H,3-14,16,18-20,23,26-32,34,36-40,42,44-47,51H2,1-2H3,(H,52,54)(H,55,56)/b17-15-,22-21-,25-24-,35-33+,43-41+. The summed E-state index contributed by atoms with van der Waals surface area (Å²) in [6, 6.07) is -0.884. The number of allylic oxidation sites excluding steroid dienone is 9. The minimum absolute atomic E-state index is 0.0705. The molecule has 0 aliphatic carbocycles. The van der Waals surface area contributed by atoms with Gasteiger partial charge in [0.15, 0.2) is 0 Å². The fourth-order valence-corrected chi connectivity index (χ4v) is 7.62. The van der Waals surface area contributed by atoms with Crippen LogP contribution in [0, 0.1) is 0 Å². The molecule has 0 fully saturated rings. The normalized spacial score (nSPS) is 14.5. The predicted octanol–water partition coefficient (Wildman–Crippen LogP) is 14.2. The van der Waals surface area contributed by atoms with E-state index in [0.717, 1.165) is 57.8 Å². The molecule has 0 saturated heterocycles. The summed E-state index contributed by atoms with van der Waals surface area (Å²) in [5, 5.41) is 13.7. The second kappa shape index (κ2) is 45.7. The second-order valence-electron chi connectivity index (χ2n) is 16.3. The van der Waals surface area contributed by atoms with E-state index in [1.165, 1.54) is 141 Å². The highest BCUT2D eigenvalue weighted by atomic mass is 31.2. The zero-order valence-corrected chi connectivity index (χ0v) is 39.1. The van der Waals surface area contributed by atoms with E-state index in [2.05, 4.69) is 67.8 Å². The lowest BCUT2D eigenvalue weighted by Crippen LogP contribution is -2.45. The number of nitrogens with one attached hydrogen (secondary N) is 1. The molecule has 0 bridgehead atoms. The van der Waals surface area contributed by atoms with Crippen molar-refractivity contribution in [2.75, 3.05) is 19.8 Å². The van der Waals surface area contributed by atoms with Gasteiger partial charge in [-0.1, -0.05) is 203 Å². The summed E-state index contributed by atoms with van der Waals surface area (Å²) < 4.78 is 22.2. The first-order chi connectivity index (χ1) is 28.9. The molecule has 3 atom stereocenters. The van der Waals surface area contributed by atoms with Gasteiger partial charge in [0.1, 0.15) is 0 Å². The highest BCUT2D eigenvalue weighted by molar-refractivity contribution is 7.47. The van der Waals surface area contributed by atoms with Gasteiger partial charge in [0.2, 0.25) is 5.91 Å². The molecule has 0 aromatic heterocycles. The maximum absolute atomic E-state index is 12.8. The number of hydrogen-bond donors (Lipinski definition) is 4. The highest BCUT2D eigenvalue weighted by Crippen LogP contribution is 2.43. The largest absolute Gasteiger partial charge is 0.472 e. The number of unbranched alkanes of at least 4 members (excludes halogenated alkanes) is 25. The van der Waals surface area contributed by atoms with Crippen LogP contribution in [0.1, 0.15) is 219 Å². The van der Waals surface area contributed by atoms with Gasteiger partial charge >= 0.3 is 7.82 Å². The molecule has 0 aliphatic rings. The summed E-state index contributed by atoms with van der Waals surface area (Å²) in [6.07, 6.45) is 58.5. The van der Waals surface area contributed by atoms with Crippen LogP contribution >= 0.6 is 7.82 Å². The van der Waals surface area contributed by atoms with Gasteiger partial charge in [0.25, 0.3) is 0 Å². The van der Waals surface area contributed by atoms with Crippen LogP contribution in [0.25, 0.3) is 0 Å². The Balaban J connectivity index is 4.19. The van der Waals surface area contributed by atoms with Crippen molar-refractivity contribution in [3.05, 3.63) is 60.8 Å². The summed E-state index contributed by atoms with van der Waals surface area (Å²) in [4.78, 5) is 22.8. The van der Waals surface area contributed by atoms with Crippen LogP contribution in [-0.4, -0.2) is 47.8 Å². The van der Waals surface area contributed by atoms with Crippen molar-refractivity contribution in [3.8, 4) is 0 Å². The number of carbonyl (C=O) groups is 1. The molecule has 1 amide bonds. The molecule has 0 heterocycles. The van der Waals surface area contributed by atoms with Gasteiger partial charge in [-0.15, -0.1) is 0 Å². The van der Waals surface area contributed by atoms with Crippen molar-refractivity contribution >= 4 is 13.7 Å². The molecular weight excluding hydrogens is 756 g/mol. The number of carbonyl (C=O) groups excluding carboxylic acids is 1. The smallest absolute Gasteiger partial charge is 0.387 e. The van der Waals surface area contributed by atoms with Crippen LogP contribution in [0.3, 0.4) is 0 Å². The third-order valence-corrected chi connectivity index (χ3v) is 11.5. The van der Waals surface area contributed by atoms with E-state index in [9.17, 15) is 19.4 Å². The lowest BCUT2D eigenvalue weighted by atomic mass is 10.1. The van der Waals surface area contributed by atoms with Crippen molar-refractivity contribution in [3.63, 3.8) is 0 Å². The molecular formula is C50H93N2O6P. The Bertz CT molecular complexity index is 1110. The summed E-state index contributed by atoms with van der Waals surface area (Å²) in [5.41, 5.74) is 5.38. The summed E-state index contributed by atoms with van der Waals surface area (Å²) in [6.45, 7) is 4.10. The molecule has 9 heteroatoms. The van der Waals surface area contributed by atoms with Gasteiger partial charge in [-0.2, -0.15) is 0 Å². The van der Waals surface area contributed by atoms with Gasteiger partial charge in [-0.05, 0) is 70.6 Å². The van der Waals surface area contributed by atoms with Crippen LogP contribution in [-0.2, 0) is 18.4 Å². The first kappa shape index (κ1) is 57.2. The van der Waals surface area contributed by atoms with Gasteiger partial charge in [-0.3, -0.25) is 13.8 Å². The predicted molar refractivity (Wildman–Crippen MR) is 254 cm³/mol. The third kappa shape index (κ3) is 44.1. The molecule has 5 N–H and O–H groups in total. The number of phosphoric acid groups is 1. The van der Waals surface area contributed by atoms with E-state index in [1.54, 1.807) is 6.08 Å². The molecule has 0 radical (unpaired) electrons. The average Bonchev–Trinajstić information content (AvgIpc) is 3.22. The zero-order valence-electron chi connectivity index (χ0n) is 38.2. The highest BCUT2D eigenvalue weighted by Gasteiger charge is 2.26. The van der Waals surface area contributed by atoms with E-state index in [0.29, 0.717) is 6.42 Å². The lowest BCUT2D eigenvalue weighted by molar-refractivity contribution is -0.123. The quantitative estimate of drug-likeness (QED) is 0.0273. The van der Waals surface area contributed by atoms with E-state index < -0.39 is 20.0 Å². The van der Waals surface area contributed by atoms with Crippen LogP contribution in [0.4, 0.5) is 0 Å². The maximum atomic E-state index is 12.8. The Morgan fingerprint density at radius 2 is 0.949 bits per heavy atom. The van der Waals surface area contributed by atoms with Crippen molar-refractivity contribution in [1.29, 1.82) is 0 Å². The molecule has 0 aliphatic heterocycles. The fourth-order valence-electron chi connectivity index (χ4n) is 6.86. The van der Waals surface area contributed by atoms with Gasteiger partial charge in [0.05, 0.1) is 25.4 Å². The fraction of sp³-hybridized carbons (Fsp3) is 0.780. The van der Waals surface area contributed by atoms with Crippen molar-refractivity contribution < 1.29 is 28.4 Å². The third-order valence-electron chi connectivity index (χ3n) is 10.6. The number of nitrogens with two attached hydrogens (primary N) is 1. The number of aliphatic hydroxyl groups excluding tert-OH is 1. The number of aliphatic hydroxyl groups is 1. The summed E-state index contributed by atoms with van der Waals surface area (Å²) in [7, 11) is -4.36. The molecule has 344 valence electrons.